The second kappa shape index (κ2) is 12.2. The fraction of sp³-hybridized carbons (Fsp3) is 0.400. The van der Waals surface area contributed by atoms with E-state index in [0.29, 0.717) is 0 Å². The number of halogens is 1. The monoisotopic (exact) mass is 446 g/mol. The number of aliphatic hydroxyl groups excluding tert-OH is 1. The molecule has 0 bridgehead atoms. The molecular formula is C15H17BrK2N2O4. The number of fused-ring (bicyclic) bond motifs is 3. The summed E-state index contributed by atoms with van der Waals surface area (Å²) in [5, 5.41) is 27.1. The molecule has 0 amide bonds. The van der Waals surface area contributed by atoms with Gasteiger partial charge in [0.1, 0.15) is 0 Å². The van der Waals surface area contributed by atoms with Crippen LogP contribution in [-0.4, -0.2) is 40.4 Å². The second-order valence-corrected chi connectivity index (χ2v) is 6.06. The number of aliphatic hydroxyl groups is 1. The minimum Gasteiger partial charge on any atom is -0.652 e. The van der Waals surface area contributed by atoms with Crippen molar-refractivity contribution in [1.82, 2.24) is 9.47 Å². The van der Waals surface area contributed by atoms with Crippen molar-refractivity contribution in [3.63, 3.8) is 0 Å². The molecule has 120 valence electrons. The molecular weight excluding hydrogens is 430 g/mol. The molecule has 1 aromatic heterocycles. The molecule has 0 radical (unpaired) electrons. The first kappa shape index (κ1) is 25.7. The van der Waals surface area contributed by atoms with Crippen molar-refractivity contribution in [3.8, 4) is 0 Å². The summed E-state index contributed by atoms with van der Waals surface area (Å²) in [7, 11) is 2.15. The average molecular weight is 447 g/mol. The van der Waals surface area contributed by atoms with Gasteiger partial charge in [-0.3, -0.25) is 4.90 Å². The molecule has 1 aliphatic heterocycles. The zero-order chi connectivity index (χ0) is 16.3. The quantitative estimate of drug-likeness (QED) is 0.463. The van der Waals surface area contributed by atoms with Crippen LogP contribution < -0.4 is 113 Å². The maximum atomic E-state index is 9.07. The van der Waals surface area contributed by atoms with Crippen LogP contribution in [-0.2, 0) is 20.0 Å². The number of rotatable bonds is 2. The van der Waals surface area contributed by atoms with E-state index in [1.54, 1.807) is 0 Å². The van der Waals surface area contributed by atoms with Crippen molar-refractivity contribution in [2.45, 2.75) is 13.0 Å². The van der Waals surface area contributed by atoms with Crippen molar-refractivity contribution in [1.29, 1.82) is 0 Å². The molecule has 0 saturated heterocycles. The van der Waals surface area contributed by atoms with E-state index in [2.05, 4.69) is 50.6 Å². The number of carbonyl (C=O) groups is 1. The first-order valence-corrected chi connectivity index (χ1v) is 7.70. The predicted octanol–water partition coefficient (Wildman–Crippen LogP) is -6.15. The normalized spacial score (nSPS) is 13.1. The summed E-state index contributed by atoms with van der Waals surface area (Å²) in [5.74, 6) is 0. The van der Waals surface area contributed by atoms with E-state index in [9.17, 15) is 0 Å². The molecule has 0 saturated carbocycles. The molecule has 0 fully saturated rings. The first-order chi connectivity index (χ1) is 10.4. The van der Waals surface area contributed by atoms with Gasteiger partial charge in [-0.05, 0) is 23.9 Å². The molecule has 0 aliphatic carbocycles. The van der Waals surface area contributed by atoms with Crippen LogP contribution in [0.15, 0.2) is 22.7 Å². The fourth-order valence-electron chi connectivity index (χ4n) is 2.93. The Morgan fingerprint density at radius 3 is 2.54 bits per heavy atom. The number of aryl methyl sites for hydroxylation is 1. The Labute approximate surface area is 234 Å². The molecule has 3 rings (SSSR count). The summed E-state index contributed by atoms with van der Waals surface area (Å²) in [5.41, 5.74) is 4.16. The summed E-state index contributed by atoms with van der Waals surface area (Å²) >= 11 is 3.54. The molecule has 9 heteroatoms. The topological polar surface area (TPSA) is 91.6 Å². The van der Waals surface area contributed by atoms with Crippen LogP contribution in [0, 0.1) is 0 Å². The Kier molecular flexibility index (Phi) is 13.1. The minimum atomic E-state index is -2.33. The molecule has 24 heavy (non-hydrogen) atoms. The Balaban J connectivity index is 0.000000801. The number of carbonyl (C=O) groups excluding carboxylic acids is 1. The number of hydrogen-bond acceptors (Lipinski definition) is 5. The molecule has 6 nitrogen and oxygen atoms in total. The van der Waals surface area contributed by atoms with Gasteiger partial charge in [0.15, 0.2) is 0 Å². The van der Waals surface area contributed by atoms with E-state index in [1.807, 2.05) is 0 Å². The number of hydrogen-bond donors (Lipinski definition) is 1. The van der Waals surface area contributed by atoms with Crippen LogP contribution in [0.3, 0.4) is 0 Å². The van der Waals surface area contributed by atoms with Gasteiger partial charge in [0.05, 0.1) is 6.61 Å². The third kappa shape index (κ3) is 6.70. The zero-order valence-electron chi connectivity index (χ0n) is 14.2. The minimum absolute atomic E-state index is 0. The van der Waals surface area contributed by atoms with Gasteiger partial charge in [-0.25, -0.2) is 0 Å². The van der Waals surface area contributed by atoms with Crippen LogP contribution >= 0.6 is 15.9 Å². The molecule has 0 unspecified atom stereocenters. The third-order valence-electron chi connectivity index (χ3n) is 3.86. The van der Waals surface area contributed by atoms with Gasteiger partial charge in [0, 0.05) is 54.2 Å². The molecule has 2 heterocycles. The number of aromatic nitrogens is 1. The Morgan fingerprint density at radius 1 is 1.33 bits per heavy atom. The van der Waals surface area contributed by atoms with Crippen molar-refractivity contribution < 1.29 is 123 Å². The van der Waals surface area contributed by atoms with E-state index in [4.69, 9.17) is 20.1 Å². The van der Waals surface area contributed by atoms with Gasteiger partial charge in [0.25, 0.3) is 0 Å². The third-order valence-corrected chi connectivity index (χ3v) is 4.36. The van der Waals surface area contributed by atoms with E-state index in [-0.39, 0.29) is 109 Å². The largest absolute Gasteiger partial charge is 1.00 e. The molecule has 1 aliphatic rings. The van der Waals surface area contributed by atoms with Crippen molar-refractivity contribution in [2.75, 3.05) is 19.7 Å². The summed E-state index contributed by atoms with van der Waals surface area (Å²) in [6.45, 7) is 3.01. The van der Waals surface area contributed by atoms with Gasteiger partial charge in [0.2, 0.25) is 0 Å². The molecule has 0 spiro atoms. The number of benzene rings is 1. The van der Waals surface area contributed by atoms with E-state index >= 15 is 0 Å². The summed E-state index contributed by atoms with van der Waals surface area (Å²) in [6, 6.07) is 6.48. The molecule has 2 aromatic rings. The maximum absolute atomic E-state index is 9.07. The Morgan fingerprint density at radius 2 is 1.96 bits per heavy atom. The van der Waals surface area contributed by atoms with Crippen molar-refractivity contribution in [3.05, 3.63) is 33.9 Å². The van der Waals surface area contributed by atoms with Crippen molar-refractivity contribution in [2.24, 2.45) is 7.05 Å². The smallest absolute Gasteiger partial charge is 0.652 e. The van der Waals surface area contributed by atoms with Crippen LogP contribution in [0.5, 0.6) is 0 Å². The van der Waals surface area contributed by atoms with Gasteiger partial charge < -0.3 is 24.7 Å². The first-order valence-electron chi connectivity index (χ1n) is 6.91. The average Bonchev–Trinajstić information content (AvgIpc) is 2.71. The fourth-order valence-corrected chi connectivity index (χ4v) is 3.28. The number of nitrogens with zero attached hydrogens (tertiary/aromatic N) is 2. The van der Waals surface area contributed by atoms with Gasteiger partial charge in [-0.15, -0.1) is 0 Å². The van der Waals surface area contributed by atoms with E-state index in [0.717, 1.165) is 30.5 Å². The summed E-state index contributed by atoms with van der Waals surface area (Å²) < 4.78 is 3.44. The Hall–Kier alpha value is 1.70. The predicted molar refractivity (Wildman–Crippen MR) is 82.1 cm³/mol. The zero-order valence-corrected chi connectivity index (χ0v) is 22.0. The molecule has 0 atom stereocenters. The van der Waals surface area contributed by atoms with Crippen LogP contribution in [0.1, 0.15) is 11.3 Å². The second-order valence-electron chi connectivity index (χ2n) is 5.15. The molecule has 1 aromatic carbocycles. The van der Waals surface area contributed by atoms with Crippen molar-refractivity contribution >= 4 is 33.0 Å². The van der Waals surface area contributed by atoms with E-state index < -0.39 is 6.16 Å². The Bertz CT molecular complexity index is 690. The summed E-state index contributed by atoms with van der Waals surface area (Å²) in [6.07, 6.45) is -1.27. The summed E-state index contributed by atoms with van der Waals surface area (Å²) in [4.78, 5) is 10.7. The number of β-amino-alcohol motifs (C(OH)–C–C–N with tert-alkyl or cyclic N) is 1. The standard InChI is InChI=1S/C14H17BrN2O.CH2O3.2K/c1-16-13-4-5-17(6-7-18)9-12(13)11-3-2-10(15)8-14(11)16;2-1(3)4;;/h2-3,8,18H,4-7,9H2,1H3;(H2,2,3,4);;/q;;2*+1/p-2. The maximum Gasteiger partial charge on any atom is 1.00 e. The van der Waals surface area contributed by atoms with Crippen LogP contribution in [0.2, 0.25) is 0 Å². The van der Waals surface area contributed by atoms with Crippen LogP contribution in [0.25, 0.3) is 10.9 Å². The number of carboxylic acid groups (broad SMARTS) is 2. The van der Waals surface area contributed by atoms with Gasteiger partial charge in [-0.1, -0.05) is 22.0 Å². The van der Waals surface area contributed by atoms with Gasteiger partial charge >= 0.3 is 103 Å². The van der Waals surface area contributed by atoms with E-state index in [1.165, 1.54) is 22.2 Å². The molecule has 1 N–H and O–H groups in total. The SMILES string of the molecule is Cn1c2c(c3ccc(Br)cc31)CN(CCO)CC2.O=C([O-])[O-].[K+].[K+]. The van der Waals surface area contributed by atoms with Gasteiger partial charge in [-0.2, -0.15) is 0 Å². The van der Waals surface area contributed by atoms with Crippen LogP contribution in [0.4, 0.5) is 4.79 Å².